The summed E-state index contributed by atoms with van der Waals surface area (Å²) in [4.78, 5) is 8.58. The monoisotopic (exact) mass is 367 g/mol. The maximum atomic E-state index is 14.4. The minimum atomic E-state index is -1.19. The molecule has 0 aliphatic heterocycles. The molecule has 136 valence electrons. The van der Waals surface area contributed by atoms with Gasteiger partial charge in [0, 0.05) is 11.8 Å². The molecule has 4 rings (SSSR count). The number of benzene rings is 2. The fourth-order valence-electron chi connectivity index (χ4n) is 2.77. The summed E-state index contributed by atoms with van der Waals surface area (Å²) in [5.41, 5.74) is 1.58. The molecule has 0 aliphatic rings. The van der Waals surface area contributed by atoms with E-state index in [1.807, 2.05) is 6.92 Å². The van der Waals surface area contributed by atoms with Crippen LogP contribution in [0.3, 0.4) is 0 Å². The summed E-state index contributed by atoms with van der Waals surface area (Å²) < 4.78 is 27.5. The van der Waals surface area contributed by atoms with E-state index < -0.39 is 17.7 Å². The fourth-order valence-corrected chi connectivity index (χ4v) is 2.77. The number of anilines is 2. The Morgan fingerprint density at radius 1 is 1.07 bits per heavy atom. The molecular weight excluding hydrogens is 352 g/mol. The molecule has 0 aliphatic carbocycles. The maximum absolute atomic E-state index is 14.4. The number of aliphatic hydroxyl groups is 1. The average molecular weight is 367 g/mol. The molecule has 0 spiro atoms. The van der Waals surface area contributed by atoms with Crippen LogP contribution in [0, 0.1) is 18.6 Å². The highest BCUT2D eigenvalue weighted by Gasteiger charge is 2.19. The normalized spacial score (nSPS) is 12.3. The number of fused-ring (bicyclic) bond motifs is 1. The van der Waals surface area contributed by atoms with E-state index in [0.717, 1.165) is 5.69 Å². The van der Waals surface area contributed by atoms with Crippen molar-refractivity contribution in [1.29, 1.82) is 0 Å². The smallest absolute Gasteiger partial charge is 0.164 e. The van der Waals surface area contributed by atoms with E-state index in [-0.39, 0.29) is 17.0 Å². The summed E-state index contributed by atoms with van der Waals surface area (Å²) in [7, 11) is 0. The average Bonchev–Trinajstić information content (AvgIpc) is 3.06. The molecule has 0 bridgehead atoms. The molecular formula is C19H15F2N5O. The molecule has 4 aromatic rings. The zero-order valence-electron chi connectivity index (χ0n) is 14.2. The van der Waals surface area contributed by atoms with Crippen LogP contribution in [0.2, 0.25) is 0 Å². The Morgan fingerprint density at radius 3 is 2.56 bits per heavy atom. The number of nitrogens with one attached hydrogen (secondary N) is 2. The molecule has 0 radical (unpaired) electrons. The van der Waals surface area contributed by atoms with Gasteiger partial charge in [-0.15, -0.1) is 0 Å². The zero-order valence-corrected chi connectivity index (χ0v) is 14.2. The Morgan fingerprint density at radius 2 is 1.85 bits per heavy atom. The summed E-state index contributed by atoms with van der Waals surface area (Å²) in [6.07, 6.45) is -1.19. The predicted molar refractivity (Wildman–Crippen MR) is 96.6 cm³/mol. The van der Waals surface area contributed by atoms with E-state index in [9.17, 15) is 13.9 Å². The number of hydrogen-bond acceptors (Lipinski definition) is 5. The van der Waals surface area contributed by atoms with Crippen LogP contribution in [0.25, 0.3) is 10.9 Å². The van der Waals surface area contributed by atoms with Gasteiger partial charge in [-0.25, -0.2) is 18.7 Å². The number of aliphatic hydroxyl groups excluding tert-OH is 1. The van der Waals surface area contributed by atoms with Crippen molar-refractivity contribution in [1.82, 2.24) is 20.2 Å². The van der Waals surface area contributed by atoms with Crippen molar-refractivity contribution in [2.75, 3.05) is 5.32 Å². The fraction of sp³-hybridized carbons (Fsp3) is 0.105. The second-order valence-electron chi connectivity index (χ2n) is 6.08. The van der Waals surface area contributed by atoms with Gasteiger partial charge in [-0.2, -0.15) is 5.10 Å². The number of halogens is 2. The molecule has 2 heterocycles. The van der Waals surface area contributed by atoms with E-state index in [1.54, 1.807) is 12.1 Å². The van der Waals surface area contributed by atoms with Gasteiger partial charge in [-0.05, 0) is 36.8 Å². The van der Waals surface area contributed by atoms with Crippen LogP contribution in [0.5, 0.6) is 0 Å². The van der Waals surface area contributed by atoms with Gasteiger partial charge in [0.15, 0.2) is 11.6 Å². The molecule has 0 amide bonds. The van der Waals surface area contributed by atoms with Gasteiger partial charge < -0.3 is 10.4 Å². The lowest BCUT2D eigenvalue weighted by Crippen LogP contribution is -2.09. The first-order valence-corrected chi connectivity index (χ1v) is 8.20. The number of aromatic nitrogens is 4. The number of H-pyrrole nitrogens is 1. The number of rotatable bonds is 4. The second kappa shape index (κ2) is 6.73. The third-order valence-corrected chi connectivity index (χ3v) is 4.07. The number of hydrogen-bond donors (Lipinski definition) is 3. The Bertz CT molecular complexity index is 1110. The minimum absolute atomic E-state index is 0.0643. The molecule has 2 aromatic heterocycles. The minimum Gasteiger partial charge on any atom is -0.380 e. The first-order chi connectivity index (χ1) is 13.0. The Labute approximate surface area is 152 Å². The topological polar surface area (TPSA) is 86.7 Å². The van der Waals surface area contributed by atoms with Crippen LogP contribution in [0.15, 0.2) is 48.5 Å². The Balaban J connectivity index is 1.83. The molecule has 6 nitrogen and oxygen atoms in total. The largest absolute Gasteiger partial charge is 0.380 e. The highest BCUT2D eigenvalue weighted by molar-refractivity contribution is 5.91. The molecule has 8 heteroatoms. The van der Waals surface area contributed by atoms with Gasteiger partial charge in [-0.1, -0.05) is 18.2 Å². The molecule has 0 saturated heterocycles. The van der Waals surface area contributed by atoms with Crippen molar-refractivity contribution in [2.45, 2.75) is 13.0 Å². The molecule has 0 fully saturated rings. The van der Waals surface area contributed by atoms with E-state index >= 15 is 0 Å². The van der Waals surface area contributed by atoms with Crippen molar-refractivity contribution in [2.24, 2.45) is 0 Å². The molecule has 2 aromatic carbocycles. The predicted octanol–water partition coefficient (Wildman–Crippen LogP) is 3.76. The van der Waals surface area contributed by atoms with E-state index in [2.05, 4.69) is 25.5 Å². The lowest BCUT2D eigenvalue weighted by Gasteiger charge is -2.14. The van der Waals surface area contributed by atoms with Gasteiger partial charge >= 0.3 is 0 Å². The van der Waals surface area contributed by atoms with Crippen molar-refractivity contribution < 1.29 is 13.9 Å². The standard InChI is InChI=1S/C19H15F2N5O/c1-10-9-15(26-25-10)23-18-16-13(21)3-2-4-14(16)22-19(24-18)17(27)11-5-7-12(20)8-6-11/h2-9,17,27H,1H3,(H2,22,23,24,25,26)/t17-/m1/s1. The zero-order chi connectivity index (χ0) is 19.0. The summed E-state index contributed by atoms with van der Waals surface area (Å²) in [5, 5.41) is 20.6. The lowest BCUT2D eigenvalue weighted by molar-refractivity contribution is 0.210. The van der Waals surface area contributed by atoms with Gasteiger partial charge in [0.05, 0.1) is 10.9 Å². The van der Waals surface area contributed by atoms with Crippen molar-refractivity contribution >= 4 is 22.5 Å². The van der Waals surface area contributed by atoms with Crippen molar-refractivity contribution in [3.05, 3.63) is 77.2 Å². The Kier molecular flexibility index (Phi) is 4.25. The lowest BCUT2D eigenvalue weighted by atomic mass is 10.1. The molecule has 27 heavy (non-hydrogen) atoms. The molecule has 1 atom stereocenters. The maximum Gasteiger partial charge on any atom is 0.164 e. The second-order valence-corrected chi connectivity index (χ2v) is 6.08. The number of nitrogens with zero attached hydrogens (tertiary/aromatic N) is 3. The van der Waals surface area contributed by atoms with Gasteiger partial charge in [0.1, 0.15) is 23.6 Å². The highest BCUT2D eigenvalue weighted by Crippen LogP contribution is 2.29. The molecule has 3 N–H and O–H groups in total. The van der Waals surface area contributed by atoms with Crippen LogP contribution in [-0.2, 0) is 0 Å². The van der Waals surface area contributed by atoms with Crippen LogP contribution in [0.4, 0.5) is 20.4 Å². The first-order valence-electron chi connectivity index (χ1n) is 8.20. The molecule has 0 unspecified atom stereocenters. The van der Waals surface area contributed by atoms with Crippen molar-refractivity contribution in [3.63, 3.8) is 0 Å². The van der Waals surface area contributed by atoms with Crippen LogP contribution >= 0.6 is 0 Å². The van der Waals surface area contributed by atoms with Crippen LogP contribution in [0.1, 0.15) is 23.2 Å². The van der Waals surface area contributed by atoms with Gasteiger partial charge in [0.25, 0.3) is 0 Å². The number of aromatic amines is 1. The molecule has 0 saturated carbocycles. The Hall–Kier alpha value is -3.39. The van der Waals surface area contributed by atoms with Crippen molar-refractivity contribution in [3.8, 4) is 0 Å². The van der Waals surface area contributed by atoms with E-state index in [1.165, 1.54) is 36.4 Å². The summed E-state index contributed by atoms with van der Waals surface area (Å²) in [6.45, 7) is 1.83. The van der Waals surface area contributed by atoms with E-state index in [4.69, 9.17) is 0 Å². The third kappa shape index (κ3) is 3.34. The summed E-state index contributed by atoms with van der Waals surface area (Å²) in [5.74, 6) is -0.206. The quantitative estimate of drug-likeness (QED) is 0.511. The summed E-state index contributed by atoms with van der Waals surface area (Å²) >= 11 is 0. The van der Waals surface area contributed by atoms with Gasteiger partial charge in [0.2, 0.25) is 0 Å². The number of aryl methyl sites for hydroxylation is 1. The van der Waals surface area contributed by atoms with E-state index in [0.29, 0.717) is 16.9 Å². The summed E-state index contributed by atoms with van der Waals surface area (Å²) in [6, 6.07) is 11.6. The highest BCUT2D eigenvalue weighted by atomic mass is 19.1. The third-order valence-electron chi connectivity index (χ3n) is 4.07. The van der Waals surface area contributed by atoms with Gasteiger partial charge in [-0.3, -0.25) is 5.10 Å². The van der Waals surface area contributed by atoms with Crippen LogP contribution in [-0.4, -0.2) is 25.3 Å². The first kappa shape index (κ1) is 17.0. The SMILES string of the molecule is Cc1cc(Nc2nc([C@H](O)c3ccc(F)cc3)nc3cccc(F)c23)n[nH]1. The van der Waals surface area contributed by atoms with Crippen LogP contribution < -0.4 is 5.32 Å².